The summed E-state index contributed by atoms with van der Waals surface area (Å²) in [5.41, 5.74) is 3.18. The molecule has 1 aromatic carbocycles. The van der Waals surface area contributed by atoms with E-state index < -0.39 is 5.92 Å². The molecule has 0 bridgehead atoms. The minimum atomic E-state index is -0.579. The zero-order valence-electron chi connectivity index (χ0n) is 10.5. The molecule has 3 atom stereocenters. The van der Waals surface area contributed by atoms with E-state index in [4.69, 9.17) is 0 Å². The number of aryl methyl sites for hydroxylation is 2. The van der Waals surface area contributed by atoms with Crippen LogP contribution in [0.3, 0.4) is 0 Å². The Morgan fingerprint density at radius 3 is 2.53 bits per heavy atom. The summed E-state index contributed by atoms with van der Waals surface area (Å²) >= 11 is 0. The quantitative estimate of drug-likeness (QED) is 0.796. The van der Waals surface area contributed by atoms with Gasteiger partial charge in [-0.2, -0.15) is 5.26 Å². The predicted molar refractivity (Wildman–Crippen MR) is 66.5 cm³/mol. The monoisotopic (exact) mass is 227 g/mol. The van der Waals surface area contributed by atoms with Gasteiger partial charge in [-0.25, -0.2) is 0 Å². The molecule has 1 aromatic rings. The number of carbonyl (C=O) groups excluding carboxylic acids is 1. The largest absolute Gasteiger partial charge is 0.298 e. The summed E-state index contributed by atoms with van der Waals surface area (Å²) in [5.74, 6) is 0.0960. The first-order valence-electron chi connectivity index (χ1n) is 6.05. The fourth-order valence-electron chi connectivity index (χ4n) is 2.18. The molecule has 17 heavy (non-hydrogen) atoms. The number of Topliss-reactive ketones (excluding diaryl/α,β-unsaturated/α-hetero) is 1. The van der Waals surface area contributed by atoms with Crippen LogP contribution in [0.2, 0.25) is 0 Å². The van der Waals surface area contributed by atoms with Crippen molar-refractivity contribution in [3.8, 4) is 6.07 Å². The first-order chi connectivity index (χ1) is 8.04. The van der Waals surface area contributed by atoms with E-state index in [2.05, 4.69) is 13.0 Å². The summed E-state index contributed by atoms with van der Waals surface area (Å²) in [5, 5.41) is 9.20. The Morgan fingerprint density at radius 2 is 2.06 bits per heavy atom. The topological polar surface area (TPSA) is 40.9 Å². The van der Waals surface area contributed by atoms with Crippen molar-refractivity contribution in [1.29, 1.82) is 5.26 Å². The number of hydrogen-bond donors (Lipinski definition) is 0. The van der Waals surface area contributed by atoms with Gasteiger partial charge in [-0.1, -0.05) is 25.1 Å². The van der Waals surface area contributed by atoms with Gasteiger partial charge in [0.2, 0.25) is 0 Å². The number of nitrogens with zero attached hydrogens (tertiary/aromatic N) is 1. The summed E-state index contributed by atoms with van der Waals surface area (Å²) in [4.78, 5) is 12.1. The first kappa shape index (κ1) is 11.9. The van der Waals surface area contributed by atoms with Crippen LogP contribution < -0.4 is 0 Å². The van der Waals surface area contributed by atoms with Crippen molar-refractivity contribution in [2.75, 3.05) is 0 Å². The highest BCUT2D eigenvalue weighted by molar-refractivity contribution is 5.92. The zero-order chi connectivity index (χ0) is 12.6. The highest BCUT2D eigenvalue weighted by Gasteiger charge is 2.42. The van der Waals surface area contributed by atoms with Crippen LogP contribution in [-0.4, -0.2) is 5.78 Å². The van der Waals surface area contributed by atoms with Crippen molar-refractivity contribution >= 4 is 5.78 Å². The molecule has 0 aromatic heterocycles. The average molecular weight is 227 g/mol. The van der Waals surface area contributed by atoms with Crippen LogP contribution in [-0.2, 0) is 4.79 Å². The molecule has 0 N–H and O–H groups in total. The van der Waals surface area contributed by atoms with E-state index in [9.17, 15) is 10.1 Å². The standard InChI is InChI=1S/C15H17NO/c1-9-4-5-12(6-10(9)2)14(8-16)15(17)13-7-11(13)3/h4-6,11,13-14H,7H2,1-3H3. The van der Waals surface area contributed by atoms with E-state index >= 15 is 0 Å². The number of hydrogen-bond acceptors (Lipinski definition) is 2. The minimum absolute atomic E-state index is 0.100. The van der Waals surface area contributed by atoms with Gasteiger partial charge in [-0.15, -0.1) is 0 Å². The van der Waals surface area contributed by atoms with E-state index in [1.807, 2.05) is 32.0 Å². The van der Waals surface area contributed by atoms with Gasteiger partial charge in [0.25, 0.3) is 0 Å². The molecule has 2 heteroatoms. The molecule has 0 aliphatic heterocycles. The fourth-order valence-corrected chi connectivity index (χ4v) is 2.18. The second-order valence-corrected chi connectivity index (χ2v) is 5.13. The van der Waals surface area contributed by atoms with E-state index in [0.29, 0.717) is 5.92 Å². The van der Waals surface area contributed by atoms with E-state index in [1.165, 1.54) is 5.56 Å². The number of rotatable bonds is 3. The van der Waals surface area contributed by atoms with Gasteiger partial charge in [0, 0.05) is 5.92 Å². The number of carbonyl (C=O) groups is 1. The lowest BCUT2D eigenvalue weighted by molar-refractivity contribution is -0.120. The van der Waals surface area contributed by atoms with Crippen LogP contribution in [0.5, 0.6) is 0 Å². The Morgan fingerprint density at radius 1 is 1.41 bits per heavy atom. The zero-order valence-corrected chi connectivity index (χ0v) is 10.5. The maximum Gasteiger partial charge on any atom is 0.157 e. The van der Waals surface area contributed by atoms with Crippen molar-refractivity contribution in [3.05, 3.63) is 34.9 Å². The van der Waals surface area contributed by atoms with Gasteiger partial charge in [0.05, 0.1) is 6.07 Å². The Bertz CT molecular complexity index is 498. The van der Waals surface area contributed by atoms with Crippen molar-refractivity contribution < 1.29 is 4.79 Å². The van der Waals surface area contributed by atoms with Crippen molar-refractivity contribution in [2.24, 2.45) is 11.8 Å². The Kier molecular flexibility index (Phi) is 3.02. The lowest BCUT2D eigenvalue weighted by Crippen LogP contribution is -2.13. The summed E-state index contributed by atoms with van der Waals surface area (Å²) in [6.07, 6.45) is 0.946. The van der Waals surface area contributed by atoms with Gasteiger partial charge in [-0.3, -0.25) is 4.79 Å². The third-order valence-electron chi connectivity index (χ3n) is 3.75. The molecule has 1 aliphatic carbocycles. The van der Waals surface area contributed by atoms with E-state index in [-0.39, 0.29) is 11.7 Å². The summed E-state index contributed by atoms with van der Waals surface area (Å²) < 4.78 is 0. The third kappa shape index (κ3) is 2.24. The van der Waals surface area contributed by atoms with E-state index in [1.54, 1.807) is 0 Å². The molecule has 2 rings (SSSR count). The third-order valence-corrected chi connectivity index (χ3v) is 3.75. The molecular formula is C15H17NO. The molecule has 2 nitrogen and oxygen atoms in total. The van der Waals surface area contributed by atoms with Crippen LogP contribution >= 0.6 is 0 Å². The number of ketones is 1. The lowest BCUT2D eigenvalue weighted by Gasteiger charge is -2.10. The fraction of sp³-hybridized carbons (Fsp3) is 0.467. The second kappa shape index (κ2) is 4.33. The summed E-state index contributed by atoms with van der Waals surface area (Å²) in [7, 11) is 0. The molecular weight excluding hydrogens is 210 g/mol. The van der Waals surface area contributed by atoms with Crippen LogP contribution in [0.15, 0.2) is 18.2 Å². The van der Waals surface area contributed by atoms with Crippen molar-refractivity contribution in [3.63, 3.8) is 0 Å². The van der Waals surface area contributed by atoms with Crippen LogP contribution in [0.1, 0.15) is 36.0 Å². The molecule has 1 fully saturated rings. The predicted octanol–water partition coefficient (Wildman–Crippen LogP) is 3.14. The van der Waals surface area contributed by atoms with Crippen molar-refractivity contribution in [2.45, 2.75) is 33.1 Å². The Hall–Kier alpha value is -1.62. The van der Waals surface area contributed by atoms with Gasteiger partial charge in [0.15, 0.2) is 5.78 Å². The second-order valence-electron chi connectivity index (χ2n) is 5.13. The van der Waals surface area contributed by atoms with Gasteiger partial charge in [0.1, 0.15) is 5.92 Å². The molecule has 0 spiro atoms. The van der Waals surface area contributed by atoms with Crippen LogP contribution in [0.4, 0.5) is 0 Å². The maximum atomic E-state index is 12.1. The normalized spacial score (nSPS) is 23.9. The molecule has 0 radical (unpaired) electrons. The number of nitriles is 1. The molecule has 88 valence electrons. The molecule has 0 amide bonds. The highest BCUT2D eigenvalue weighted by atomic mass is 16.1. The summed E-state index contributed by atoms with van der Waals surface area (Å²) in [6.45, 7) is 6.11. The minimum Gasteiger partial charge on any atom is -0.298 e. The first-order valence-corrected chi connectivity index (χ1v) is 6.05. The molecule has 0 saturated heterocycles. The smallest absolute Gasteiger partial charge is 0.157 e. The SMILES string of the molecule is Cc1ccc(C(C#N)C(=O)C2CC2C)cc1C. The van der Waals surface area contributed by atoms with Crippen LogP contribution in [0.25, 0.3) is 0 Å². The highest BCUT2D eigenvalue weighted by Crippen LogP contribution is 2.42. The van der Waals surface area contributed by atoms with Crippen LogP contribution in [0, 0.1) is 37.0 Å². The molecule has 3 unspecified atom stereocenters. The van der Waals surface area contributed by atoms with Gasteiger partial charge in [-0.05, 0) is 42.9 Å². The Balaban J connectivity index is 2.26. The maximum absolute atomic E-state index is 12.1. The molecule has 1 aliphatic rings. The number of benzene rings is 1. The molecule has 1 saturated carbocycles. The van der Waals surface area contributed by atoms with Gasteiger partial charge < -0.3 is 0 Å². The van der Waals surface area contributed by atoms with Gasteiger partial charge >= 0.3 is 0 Å². The molecule has 0 heterocycles. The van der Waals surface area contributed by atoms with Crippen molar-refractivity contribution in [1.82, 2.24) is 0 Å². The average Bonchev–Trinajstić information content (AvgIpc) is 3.01. The lowest BCUT2D eigenvalue weighted by atomic mass is 9.91. The summed E-state index contributed by atoms with van der Waals surface area (Å²) in [6, 6.07) is 8.01. The Labute approximate surface area is 102 Å². The van der Waals surface area contributed by atoms with E-state index in [0.717, 1.165) is 17.5 Å².